The van der Waals surface area contributed by atoms with Gasteiger partial charge >= 0.3 is 12.1 Å². The molecular weight excluding hydrogens is 507 g/mol. The van der Waals surface area contributed by atoms with E-state index in [4.69, 9.17) is 9.47 Å². The molecule has 2 heterocycles. The van der Waals surface area contributed by atoms with Crippen LogP contribution in [0, 0.1) is 5.82 Å². The zero-order chi connectivity index (χ0) is 25.6. The van der Waals surface area contributed by atoms with Gasteiger partial charge in [0.2, 0.25) is 0 Å². The van der Waals surface area contributed by atoms with E-state index in [1.54, 1.807) is 44.4 Å². The molecule has 0 N–H and O–H groups in total. The monoisotopic (exact) mass is 536 g/mol. The van der Waals surface area contributed by atoms with E-state index in [1.165, 1.54) is 12.1 Å². The Morgan fingerprint density at radius 3 is 2.21 bits per heavy atom. The summed E-state index contributed by atoms with van der Waals surface area (Å²) in [5.74, 6) is -1.75. The number of esters is 1. The first-order valence-electron chi connectivity index (χ1n) is 11.1. The van der Waals surface area contributed by atoms with Crippen molar-refractivity contribution >= 4 is 33.8 Å². The molecule has 9 heteroatoms. The van der Waals surface area contributed by atoms with Crippen molar-refractivity contribution in [2.45, 2.75) is 72.1 Å². The van der Waals surface area contributed by atoms with E-state index < -0.39 is 40.7 Å². The molecule has 184 valence electrons. The summed E-state index contributed by atoms with van der Waals surface area (Å²) in [6.45, 7) is 12.6. The number of rotatable bonds is 3. The van der Waals surface area contributed by atoms with Crippen molar-refractivity contribution in [1.29, 1.82) is 0 Å². The standard InChI is InChI=1S/C25H30BrFN2O5/c1-8-33-22(31)19-20(30)17-16(13-28(19)23(32)34-25(5,6)7)29(15-11-9-14(27)10-12-15)21(26)18(17)24(2,3)4/h9-12,19H,8,13H2,1-7H3. The lowest BCUT2D eigenvalue weighted by molar-refractivity contribution is -0.147. The molecule has 0 saturated heterocycles. The third-order valence-corrected chi connectivity index (χ3v) is 6.06. The lowest BCUT2D eigenvalue weighted by Gasteiger charge is -2.35. The van der Waals surface area contributed by atoms with Crippen LogP contribution in [0.2, 0.25) is 0 Å². The highest BCUT2D eigenvalue weighted by Gasteiger charge is 2.48. The third-order valence-electron chi connectivity index (χ3n) is 5.31. The Labute approximate surface area is 207 Å². The molecule has 3 rings (SSSR count). The number of benzene rings is 1. The molecule has 0 spiro atoms. The van der Waals surface area contributed by atoms with E-state index in [0.29, 0.717) is 27.1 Å². The summed E-state index contributed by atoms with van der Waals surface area (Å²) in [5, 5.41) is 0. The molecule has 1 unspecified atom stereocenters. The summed E-state index contributed by atoms with van der Waals surface area (Å²) in [6, 6.07) is 4.35. The van der Waals surface area contributed by atoms with Gasteiger partial charge in [0, 0.05) is 16.8 Å². The van der Waals surface area contributed by atoms with Crippen molar-refractivity contribution < 1.29 is 28.2 Å². The molecule has 2 aromatic rings. The average molecular weight is 537 g/mol. The number of nitrogens with zero attached hydrogens (tertiary/aromatic N) is 2. The van der Waals surface area contributed by atoms with Crippen LogP contribution in [0.3, 0.4) is 0 Å². The van der Waals surface area contributed by atoms with Crippen LogP contribution in [-0.2, 0) is 26.2 Å². The first-order valence-corrected chi connectivity index (χ1v) is 11.9. The summed E-state index contributed by atoms with van der Waals surface area (Å²) < 4.78 is 26.7. The highest BCUT2D eigenvalue weighted by molar-refractivity contribution is 9.10. The molecule has 1 atom stereocenters. The second-order valence-electron chi connectivity index (χ2n) is 10.2. The van der Waals surface area contributed by atoms with Gasteiger partial charge in [0.25, 0.3) is 0 Å². The lowest BCUT2D eigenvalue weighted by atomic mass is 9.82. The topological polar surface area (TPSA) is 77.8 Å². The van der Waals surface area contributed by atoms with Crippen LogP contribution in [0.5, 0.6) is 0 Å². The van der Waals surface area contributed by atoms with Gasteiger partial charge in [-0.3, -0.25) is 9.69 Å². The van der Waals surface area contributed by atoms with Crippen molar-refractivity contribution in [3.63, 3.8) is 0 Å². The molecule has 34 heavy (non-hydrogen) atoms. The molecule has 7 nitrogen and oxygen atoms in total. The molecule has 0 bridgehead atoms. The Morgan fingerprint density at radius 2 is 1.71 bits per heavy atom. The summed E-state index contributed by atoms with van der Waals surface area (Å²) in [5.41, 5.74) is 0.815. The Morgan fingerprint density at radius 1 is 1.12 bits per heavy atom. The van der Waals surface area contributed by atoms with Crippen LogP contribution >= 0.6 is 15.9 Å². The Hall–Kier alpha value is -2.68. The van der Waals surface area contributed by atoms with Gasteiger partial charge in [-0.1, -0.05) is 20.8 Å². The minimum atomic E-state index is -1.47. The molecule has 1 aromatic heterocycles. The van der Waals surface area contributed by atoms with Gasteiger partial charge in [0.05, 0.1) is 23.4 Å². The Balaban J connectivity index is 2.29. The number of hydrogen-bond acceptors (Lipinski definition) is 5. The van der Waals surface area contributed by atoms with Crippen LogP contribution in [0.1, 0.15) is 70.1 Å². The number of ketones is 1. The first-order chi connectivity index (χ1) is 15.7. The third kappa shape index (κ3) is 4.89. The minimum absolute atomic E-state index is 0.0596. The SMILES string of the molecule is CCOC(=O)C1C(=O)c2c(C(C)(C)C)c(Br)n(-c3ccc(F)cc3)c2CN1C(=O)OC(C)(C)C. The lowest BCUT2D eigenvalue weighted by Crippen LogP contribution is -2.54. The number of carbonyl (C=O) groups excluding carboxylic acids is 3. The van der Waals surface area contributed by atoms with Crippen LogP contribution in [0.25, 0.3) is 5.69 Å². The van der Waals surface area contributed by atoms with Crippen LogP contribution in [-0.4, -0.2) is 45.6 Å². The van der Waals surface area contributed by atoms with Crippen LogP contribution in [0.4, 0.5) is 9.18 Å². The van der Waals surface area contributed by atoms with E-state index in [9.17, 15) is 18.8 Å². The van der Waals surface area contributed by atoms with Crippen molar-refractivity contribution in [2.75, 3.05) is 6.61 Å². The van der Waals surface area contributed by atoms with Gasteiger partial charge in [-0.05, 0) is 73.3 Å². The Kier molecular flexibility index (Phi) is 6.99. The maximum Gasteiger partial charge on any atom is 0.411 e. The smallest absolute Gasteiger partial charge is 0.411 e. The summed E-state index contributed by atoms with van der Waals surface area (Å²) in [7, 11) is 0. The molecule has 0 aliphatic carbocycles. The molecular formula is C25H30BrFN2O5. The van der Waals surface area contributed by atoms with E-state index in [2.05, 4.69) is 15.9 Å². The second kappa shape index (κ2) is 9.17. The van der Waals surface area contributed by atoms with Gasteiger partial charge in [-0.15, -0.1) is 0 Å². The predicted molar refractivity (Wildman–Crippen MR) is 129 cm³/mol. The Bertz CT molecular complexity index is 1130. The van der Waals surface area contributed by atoms with E-state index in [0.717, 1.165) is 4.90 Å². The van der Waals surface area contributed by atoms with Crippen molar-refractivity contribution in [3.8, 4) is 5.69 Å². The number of Topliss-reactive ketones (excluding diaryl/α,β-unsaturated/α-hetero) is 1. The molecule has 1 aliphatic rings. The van der Waals surface area contributed by atoms with Gasteiger partial charge < -0.3 is 14.0 Å². The second-order valence-corrected chi connectivity index (χ2v) is 10.9. The van der Waals surface area contributed by atoms with Crippen molar-refractivity contribution in [3.05, 3.63) is 51.5 Å². The van der Waals surface area contributed by atoms with E-state index in [-0.39, 0.29) is 13.2 Å². The maximum atomic E-state index is 13.9. The number of fused-ring (bicyclic) bond motifs is 1. The molecule has 0 fully saturated rings. The summed E-state index contributed by atoms with van der Waals surface area (Å²) in [4.78, 5) is 41.0. The minimum Gasteiger partial charge on any atom is -0.464 e. The van der Waals surface area contributed by atoms with Gasteiger partial charge in [0.15, 0.2) is 11.8 Å². The fraction of sp³-hybridized carbons (Fsp3) is 0.480. The fourth-order valence-electron chi connectivity index (χ4n) is 4.03. The van der Waals surface area contributed by atoms with E-state index in [1.807, 2.05) is 20.8 Å². The zero-order valence-corrected chi connectivity index (χ0v) is 22.1. The summed E-state index contributed by atoms with van der Waals surface area (Å²) >= 11 is 3.64. The number of halogens is 2. The molecule has 1 aromatic carbocycles. The largest absolute Gasteiger partial charge is 0.464 e. The molecule has 1 amide bonds. The maximum absolute atomic E-state index is 13.9. The number of hydrogen-bond donors (Lipinski definition) is 0. The number of carbonyl (C=O) groups is 3. The normalized spacial score (nSPS) is 16.3. The zero-order valence-electron chi connectivity index (χ0n) is 20.5. The highest BCUT2D eigenvalue weighted by atomic mass is 79.9. The quantitative estimate of drug-likeness (QED) is 0.380. The van der Waals surface area contributed by atoms with Gasteiger partial charge in [-0.2, -0.15) is 0 Å². The average Bonchev–Trinajstić information content (AvgIpc) is 3.00. The van der Waals surface area contributed by atoms with Gasteiger partial charge in [0.1, 0.15) is 11.4 Å². The molecule has 0 radical (unpaired) electrons. The molecule has 0 saturated carbocycles. The predicted octanol–water partition coefficient (Wildman–Crippen LogP) is 5.54. The van der Waals surface area contributed by atoms with Crippen LogP contribution < -0.4 is 0 Å². The van der Waals surface area contributed by atoms with Gasteiger partial charge in [-0.25, -0.2) is 14.0 Å². The number of aromatic nitrogens is 1. The van der Waals surface area contributed by atoms with E-state index >= 15 is 0 Å². The fourth-order valence-corrected chi connectivity index (χ4v) is 5.24. The van der Waals surface area contributed by atoms with Crippen molar-refractivity contribution in [2.24, 2.45) is 0 Å². The number of amides is 1. The van der Waals surface area contributed by atoms with Crippen LogP contribution in [0.15, 0.2) is 28.9 Å². The highest BCUT2D eigenvalue weighted by Crippen LogP contribution is 2.42. The summed E-state index contributed by atoms with van der Waals surface area (Å²) in [6.07, 6.45) is -0.801. The molecule has 1 aliphatic heterocycles. The first kappa shape index (κ1) is 25.9. The number of ether oxygens (including phenoxy) is 2. The van der Waals surface area contributed by atoms with Crippen molar-refractivity contribution in [1.82, 2.24) is 9.47 Å².